The van der Waals surface area contributed by atoms with Crippen molar-refractivity contribution in [3.63, 3.8) is 0 Å². The molecule has 6 heteroatoms. The Morgan fingerprint density at radius 3 is 2.76 bits per heavy atom. The van der Waals surface area contributed by atoms with E-state index in [9.17, 15) is 8.42 Å². The molecular formula is C11H12N2O2S2. The van der Waals surface area contributed by atoms with Crippen molar-refractivity contribution < 1.29 is 8.42 Å². The number of sulfone groups is 1. The van der Waals surface area contributed by atoms with Gasteiger partial charge in [-0.1, -0.05) is 12.1 Å². The molecule has 0 bridgehead atoms. The maximum Gasteiger partial charge on any atom is 0.177 e. The summed E-state index contributed by atoms with van der Waals surface area (Å²) >= 11 is 1.53. The molecule has 0 saturated heterocycles. The number of hydrogen-bond donors (Lipinski definition) is 1. The first-order valence-electron chi connectivity index (χ1n) is 4.98. The molecule has 1 aromatic carbocycles. The zero-order valence-corrected chi connectivity index (χ0v) is 10.9. The van der Waals surface area contributed by atoms with Crippen LogP contribution in [0.4, 0.5) is 5.69 Å². The Hall–Kier alpha value is -1.40. The highest BCUT2D eigenvalue weighted by molar-refractivity contribution is 7.90. The van der Waals surface area contributed by atoms with E-state index in [1.165, 1.54) is 17.6 Å². The van der Waals surface area contributed by atoms with Crippen molar-refractivity contribution in [2.24, 2.45) is 0 Å². The monoisotopic (exact) mass is 268 g/mol. The molecule has 0 saturated carbocycles. The number of aromatic nitrogens is 1. The van der Waals surface area contributed by atoms with E-state index in [4.69, 9.17) is 0 Å². The summed E-state index contributed by atoms with van der Waals surface area (Å²) in [6, 6.07) is 6.89. The molecule has 1 heterocycles. The average Bonchev–Trinajstić information content (AvgIpc) is 2.78. The Morgan fingerprint density at radius 1 is 1.35 bits per heavy atom. The number of hydrogen-bond acceptors (Lipinski definition) is 5. The molecule has 0 spiro atoms. The van der Waals surface area contributed by atoms with Crippen molar-refractivity contribution in [3.8, 4) is 0 Å². The lowest BCUT2D eigenvalue weighted by Crippen LogP contribution is -2.05. The summed E-state index contributed by atoms with van der Waals surface area (Å²) in [4.78, 5) is 5.35. The highest BCUT2D eigenvalue weighted by Gasteiger charge is 2.11. The molecule has 0 unspecified atom stereocenters. The second-order valence-corrected chi connectivity index (χ2v) is 6.54. The standard InChI is InChI=1S/C11H12N2O2S2/c1-17(14,15)11-5-3-2-4-10(11)13-7-9-6-12-8-16-9/h2-6,8,13H,7H2,1H3. The lowest BCUT2D eigenvalue weighted by atomic mass is 10.3. The predicted octanol–water partition coefficient (Wildman–Crippen LogP) is 2.16. The van der Waals surface area contributed by atoms with Gasteiger partial charge >= 0.3 is 0 Å². The Morgan fingerprint density at radius 2 is 2.12 bits per heavy atom. The average molecular weight is 268 g/mol. The minimum absolute atomic E-state index is 0.324. The minimum atomic E-state index is -3.20. The van der Waals surface area contributed by atoms with Gasteiger partial charge in [0.15, 0.2) is 9.84 Å². The largest absolute Gasteiger partial charge is 0.379 e. The van der Waals surface area contributed by atoms with Gasteiger partial charge in [-0.15, -0.1) is 11.3 Å². The molecule has 17 heavy (non-hydrogen) atoms. The minimum Gasteiger partial charge on any atom is -0.379 e. The summed E-state index contributed by atoms with van der Waals surface area (Å²) in [5.74, 6) is 0. The fourth-order valence-corrected chi connectivity index (χ4v) is 2.85. The molecule has 4 nitrogen and oxygen atoms in total. The predicted molar refractivity (Wildman–Crippen MR) is 69.0 cm³/mol. The van der Waals surface area contributed by atoms with Gasteiger partial charge in [0.25, 0.3) is 0 Å². The Kier molecular flexibility index (Phi) is 3.44. The van der Waals surface area contributed by atoms with Gasteiger partial charge in [-0.05, 0) is 12.1 Å². The van der Waals surface area contributed by atoms with Crippen LogP contribution in [0.3, 0.4) is 0 Å². The van der Waals surface area contributed by atoms with Crippen molar-refractivity contribution in [3.05, 3.63) is 40.8 Å². The molecule has 0 fully saturated rings. The van der Waals surface area contributed by atoms with Crippen molar-refractivity contribution in [1.29, 1.82) is 0 Å². The van der Waals surface area contributed by atoms with Gasteiger partial charge in [0.1, 0.15) is 0 Å². The van der Waals surface area contributed by atoms with E-state index in [-0.39, 0.29) is 0 Å². The van der Waals surface area contributed by atoms with Gasteiger partial charge in [-0.3, -0.25) is 4.98 Å². The van der Waals surface area contributed by atoms with E-state index >= 15 is 0 Å². The number of thiazole rings is 1. The van der Waals surface area contributed by atoms with E-state index in [0.29, 0.717) is 17.1 Å². The van der Waals surface area contributed by atoms with Crippen LogP contribution in [0.1, 0.15) is 4.88 Å². The Bertz CT molecular complexity index is 592. The summed E-state index contributed by atoms with van der Waals surface area (Å²) in [5, 5.41) is 3.11. The van der Waals surface area contributed by atoms with Crippen LogP contribution in [0.2, 0.25) is 0 Å². The molecule has 0 radical (unpaired) electrons. The molecule has 2 rings (SSSR count). The van der Waals surface area contributed by atoms with Crippen LogP contribution in [0.5, 0.6) is 0 Å². The fraction of sp³-hybridized carbons (Fsp3) is 0.182. The van der Waals surface area contributed by atoms with Crippen LogP contribution >= 0.6 is 11.3 Å². The number of rotatable bonds is 4. The number of nitrogens with zero attached hydrogens (tertiary/aromatic N) is 1. The summed E-state index contributed by atoms with van der Waals surface area (Å²) < 4.78 is 23.1. The van der Waals surface area contributed by atoms with Crippen LogP contribution in [0.15, 0.2) is 40.9 Å². The van der Waals surface area contributed by atoms with E-state index in [2.05, 4.69) is 10.3 Å². The van der Waals surface area contributed by atoms with Gasteiger partial charge in [0.05, 0.1) is 22.6 Å². The third-order valence-electron chi connectivity index (χ3n) is 2.22. The van der Waals surface area contributed by atoms with E-state index in [0.717, 1.165) is 4.88 Å². The summed E-state index contributed by atoms with van der Waals surface area (Å²) in [5.41, 5.74) is 2.38. The van der Waals surface area contributed by atoms with Crippen molar-refractivity contribution in [1.82, 2.24) is 4.98 Å². The molecule has 0 amide bonds. The van der Waals surface area contributed by atoms with Crippen molar-refractivity contribution >= 4 is 26.9 Å². The van der Waals surface area contributed by atoms with Crippen LogP contribution in [-0.4, -0.2) is 19.7 Å². The normalized spacial score (nSPS) is 11.4. The smallest absolute Gasteiger partial charge is 0.177 e. The quantitative estimate of drug-likeness (QED) is 0.923. The second kappa shape index (κ2) is 4.85. The summed E-state index contributed by atoms with van der Waals surface area (Å²) in [6.45, 7) is 0.581. The van der Waals surface area contributed by atoms with Crippen molar-refractivity contribution in [2.45, 2.75) is 11.4 Å². The zero-order chi connectivity index (χ0) is 12.3. The number of anilines is 1. The van der Waals surface area contributed by atoms with Gasteiger partial charge in [-0.25, -0.2) is 8.42 Å². The lowest BCUT2D eigenvalue weighted by Gasteiger charge is -2.09. The van der Waals surface area contributed by atoms with Crippen LogP contribution in [-0.2, 0) is 16.4 Å². The third-order valence-corrected chi connectivity index (χ3v) is 4.16. The molecule has 0 aliphatic carbocycles. The molecule has 1 N–H and O–H groups in total. The molecule has 90 valence electrons. The lowest BCUT2D eigenvalue weighted by molar-refractivity contribution is 0.602. The van der Waals surface area contributed by atoms with E-state index in [1.807, 2.05) is 6.07 Å². The van der Waals surface area contributed by atoms with Crippen molar-refractivity contribution in [2.75, 3.05) is 11.6 Å². The van der Waals surface area contributed by atoms with E-state index < -0.39 is 9.84 Å². The SMILES string of the molecule is CS(=O)(=O)c1ccccc1NCc1cncs1. The van der Waals surface area contributed by atoms with Gasteiger partial charge < -0.3 is 5.32 Å². The first-order valence-corrected chi connectivity index (χ1v) is 7.75. The maximum absolute atomic E-state index is 11.6. The highest BCUT2D eigenvalue weighted by atomic mass is 32.2. The first-order chi connectivity index (χ1) is 8.07. The fourth-order valence-electron chi connectivity index (χ4n) is 1.45. The first kappa shape index (κ1) is 12.1. The Balaban J connectivity index is 2.22. The highest BCUT2D eigenvalue weighted by Crippen LogP contribution is 2.21. The number of para-hydroxylation sites is 1. The van der Waals surface area contributed by atoms with Crippen LogP contribution < -0.4 is 5.32 Å². The molecule has 2 aromatic rings. The van der Waals surface area contributed by atoms with E-state index in [1.54, 1.807) is 29.9 Å². The maximum atomic E-state index is 11.6. The van der Waals surface area contributed by atoms with Gasteiger partial charge in [-0.2, -0.15) is 0 Å². The van der Waals surface area contributed by atoms with Gasteiger partial charge in [0, 0.05) is 17.3 Å². The number of benzene rings is 1. The summed E-state index contributed by atoms with van der Waals surface area (Å²) in [6.07, 6.45) is 2.97. The number of nitrogens with one attached hydrogen (secondary N) is 1. The second-order valence-electron chi connectivity index (χ2n) is 3.59. The van der Waals surface area contributed by atoms with Crippen LogP contribution in [0.25, 0.3) is 0 Å². The molecule has 0 atom stereocenters. The summed E-state index contributed by atoms with van der Waals surface area (Å²) in [7, 11) is -3.20. The molecular weight excluding hydrogens is 256 g/mol. The van der Waals surface area contributed by atoms with Gasteiger partial charge in [0.2, 0.25) is 0 Å². The molecule has 1 aromatic heterocycles. The van der Waals surface area contributed by atoms with Crippen LogP contribution in [0, 0.1) is 0 Å². The third kappa shape index (κ3) is 3.04. The Labute approximate surface area is 104 Å². The zero-order valence-electron chi connectivity index (χ0n) is 9.25. The topological polar surface area (TPSA) is 59.1 Å². The molecule has 0 aliphatic heterocycles. The molecule has 0 aliphatic rings.